The molecule has 0 aromatic heterocycles. The number of hydrogen-bond donors (Lipinski definition) is 0. The molecular formula is C14H14MgO2. The first kappa shape index (κ1) is 15.8. The molecular weight excluding hydrogens is 224 g/mol. The molecule has 2 rings (SSSR count). The average Bonchev–Trinajstić information content (AvgIpc) is 2.28. The minimum atomic E-state index is 0. The Balaban J connectivity index is 0.000000284. The van der Waals surface area contributed by atoms with Gasteiger partial charge in [0, 0.05) is 0 Å². The van der Waals surface area contributed by atoms with Gasteiger partial charge in [-0.3, -0.25) is 0 Å². The Labute approximate surface area is 118 Å². The molecule has 0 spiro atoms. The van der Waals surface area contributed by atoms with E-state index in [4.69, 9.17) is 0 Å². The van der Waals surface area contributed by atoms with E-state index in [9.17, 15) is 10.2 Å². The smallest absolute Gasteiger partial charge is 0.872 e. The maximum absolute atomic E-state index is 10.6. The molecule has 0 aliphatic heterocycles. The van der Waals surface area contributed by atoms with E-state index in [-0.39, 0.29) is 34.6 Å². The van der Waals surface area contributed by atoms with E-state index in [0.29, 0.717) is 0 Å². The molecule has 2 aromatic carbocycles. The van der Waals surface area contributed by atoms with Crippen LogP contribution in [0, 0.1) is 13.8 Å². The van der Waals surface area contributed by atoms with Gasteiger partial charge in [-0.2, -0.15) is 0 Å². The van der Waals surface area contributed by atoms with Gasteiger partial charge in [-0.05, 0) is 13.8 Å². The average molecular weight is 239 g/mol. The first-order valence-corrected chi connectivity index (χ1v) is 5.06. The minimum absolute atomic E-state index is 0. The van der Waals surface area contributed by atoms with Crippen LogP contribution in [0.5, 0.6) is 11.5 Å². The second-order valence-electron chi connectivity index (χ2n) is 3.53. The normalized spacial score (nSPS) is 8.59. The van der Waals surface area contributed by atoms with Crippen LogP contribution in [0.4, 0.5) is 0 Å². The summed E-state index contributed by atoms with van der Waals surface area (Å²) in [6.07, 6.45) is 0. The summed E-state index contributed by atoms with van der Waals surface area (Å²) in [5.41, 5.74) is 1.63. The van der Waals surface area contributed by atoms with Crippen molar-refractivity contribution < 1.29 is 10.2 Å². The van der Waals surface area contributed by atoms with E-state index in [1.54, 1.807) is 24.3 Å². The van der Waals surface area contributed by atoms with E-state index < -0.39 is 0 Å². The van der Waals surface area contributed by atoms with E-state index >= 15 is 0 Å². The van der Waals surface area contributed by atoms with Gasteiger partial charge in [-0.25, -0.2) is 0 Å². The number of rotatable bonds is 0. The monoisotopic (exact) mass is 238 g/mol. The quantitative estimate of drug-likeness (QED) is 0.657. The number of hydrogen-bond acceptors (Lipinski definition) is 2. The predicted octanol–water partition coefficient (Wildman–Crippen LogP) is 1.76. The summed E-state index contributed by atoms with van der Waals surface area (Å²) in [6.45, 7) is 3.62. The fourth-order valence-corrected chi connectivity index (χ4v) is 1.11. The van der Waals surface area contributed by atoms with Crippen LogP contribution in [0.2, 0.25) is 0 Å². The molecule has 2 nitrogen and oxygen atoms in total. The van der Waals surface area contributed by atoms with Crippen molar-refractivity contribution in [1.29, 1.82) is 0 Å². The van der Waals surface area contributed by atoms with Crippen LogP contribution in [0.15, 0.2) is 48.5 Å². The summed E-state index contributed by atoms with van der Waals surface area (Å²) in [4.78, 5) is 0. The Morgan fingerprint density at radius 2 is 0.941 bits per heavy atom. The minimum Gasteiger partial charge on any atom is -0.872 e. The zero-order valence-corrected chi connectivity index (χ0v) is 11.6. The Morgan fingerprint density at radius 3 is 1.12 bits per heavy atom. The van der Waals surface area contributed by atoms with Gasteiger partial charge in [0.1, 0.15) is 0 Å². The molecule has 0 N–H and O–H groups in total. The van der Waals surface area contributed by atoms with Crippen molar-refractivity contribution in [1.82, 2.24) is 0 Å². The van der Waals surface area contributed by atoms with Gasteiger partial charge in [0.05, 0.1) is 0 Å². The standard InChI is InChI=1S/2C7H8O.Mg/c2*1-6-4-2-3-5-7(6)8;/h2*2-5,8H,1H3;/q;;+2/p-2. The third-order valence-electron chi connectivity index (χ3n) is 2.19. The molecule has 0 amide bonds. The van der Waals surface area contributed by atoms with Crippen molar-refractivity contribution >= 4 is 23.1 Å². The maximum Gasteiger partial charge on any atom is 2.00 e. The largest absolute Gasteiger partial charge is 2.00 e. The Hall–Kier alpha value is -1.19. The second kappa shape index (κ2) is 7.98. The summed E-state index contributed by atoms with van der Waals surface area (Å²) < 4.78 is 0. The van der Waals surface area contributed by atoms with Crippen molar-refractivity contribution in [3.8, 4) is 11.5 Å². The molecule has 0 aliphatic carbocycles. The summed E-state index contributed by atoms with van der Waals surface area (Å²) in [6, 6.07) is 14.0. The van der Waals surface area contributed by atoms with Crippen LogP contribution in [0.1, 0.15) is 11.1 Å². The molecule has 0 atom stereocenters. The Morgan fingerprint density at radius 1 is 0.647 bits per heavy atom. The summed E-state index contributed by atoms with van der Waals surface area (Å²) in [7, 11) is 0. The molecule has 0 fully saturated rings. The summed E-state index contributed by atoms with van der Waals surface area (Å²) >= 11 is 0. The van der Waals surface area contributed by atoms with Gasteiger partial charge in [0.2, 0.25) is 0 Å². The van der Waals surface area contributed by atoms with Crippen molar-refractivity contribution in [2.75, 3.05) is 0 Å². The molecule has 0 heterocycles. The molecule has 0 saturated heterocycles. The first-order chi connectivity index (χ1) is 7.61. The van der Waals surface area contributed by atoms with Crippen LogP contribution in [-0.4, -0.2) is 23.1 Å². The van der Waals surface area contributed by atoms with E-state index in [0.717, 1.165) is 11.1 Å². The van der Waals surface area contributed by atoms with Gasteiger partial charge < -0.3 is 10.2 Å². The Bertz CT molecular complexity index is 370. The SMILES string of the molecule is Cc1ccccc1[O-].Cc1ccccc1[O-].[Mg+2]. The molecule has 0 aliphatic rings. The number of aryl methyl sites for hydroxylation is 2. The third kappa shape index (κ3) is 5.61. The fourth-order valence-electron chi connectivity index (χ4n) is 1.11. The third-order valence-corrected chi connectivity index (χ3v) is 2.19. The van der Waals surface area contributed by atoms with Crippen LogP contribution in [0.3, 0.4) is 0 Å². The Kier molecular flexibility index (Phi) is 7.42. The molecule has 0 bridgehead atoms. The van der Waals surface area contributed by atoms with Crippen LogP contribution in [-0.2, 0) is 0 Å². The first-order valence-electron chi connectivity index (χ1n) is 5.06. The van der Waals surface area contributed by atoms with Crippen LogP contribution >= 0.6 is 0 Å². The zero-order valence-electron chi connectivity index (χ0n) is 10.1. The van der Waals surface area contributed by atoms with Crippen molar-refractivity contribution in [3.63, 3.8) is 0 Å². The predicted molar refractivity (Wildman–Crippen MR) is 67.0 cm³/mol. The van der Waals surface area contributed by atoms with Crippen molar-refractivity contribution in [2.45, 2.75) is 13.8 Å². The van der Waals surface area contributed by atoms with Gasteiger partial charge in [0.15, 0.2) is 0 Å². The molecule has 2 aromatic rings. The second-order valence-corrected chi connectivity index (χ2v) is 3.53. The van der Waals surface area contributed by atoms with Gasteiger partial charge >= 0.3 is 23.1 Å². The van der Waals surface area contributed by atoms with Gasteiger partial charge in [0.25, 0.3) is 0 Å². The topological polar surface area (TPSA) is 46.1 Å². The molecule has 84 valence electrons. The molecule has 3 heteroatoms. The summed E-state index contributed by atoms with van der Waals surface area (Å²) in [5, 5.41) is 21.2. The molecule has 17 heavy (non-hydrogen) atoms. The van der Waals surface area contributed by atoms with Crippen molar-refractivity contribution in [3.05, 3.63) is 59.7 Å². The molecule has 0 unspecified atom stereocenters. The number of para-hydroxylation sites is 2. The maximum atomic E-state index is 10.6. The van der Waals surface area contributed by atoms with Gasteiger partial charge in [-0.1, -0.05) is 59.7 Å². The molecule has 0 saturated carbocycles. The summed E-state index contributed by atoms with van der Waals surface area (Å²) in [5.74, 6) is 0.236. The number of benzene rings is 2. The van der Waals surface area contributed by atoms with Gasteiger partial charge in [-0.15, -0.1) is 11.5 Å². The van der Waals surface area contributed by atoms with Crippen LogP contribution in [0.25, 0.3) is 0 Å². The van der Waals surface area contributed by atoms with E-state index in [1.807, 2.05) is 38.1 Å². The van der Waals surface area contributed by atoms with E-state index in [1.165, 1.54) is 0 Å². The molecule has 0 radical (unpaired) electrons. The van der Waals surface area contributed by atoms with E-state index in [2.05, 4.69) is 0 Å². The fraction of sp³-hybridized carbons (Fsp3) is 0.143. The van der Waals surface area contributed by atoms with Crippen LogP contribution < -0.4 is 10.2 Å². The zero-order chi connectivity index (χ0) is 12.0. The van der Waals surface area contributed by atoms with Crippen molar-refractivity contribution in [2.24, 2.45) is 0 Å².